The Morgan fingerprint density at radius 1 is 0.947 bits per heavy atom. The van der Waals surface area contributed by atoms with E-state index >= 15 is 0 Å². The lowest BCUT2D eigenvalue weighted by molar-refractivity contribution is -0.00685. The van der Waals surface area contributed by atoms with Crippen molar-refractivity contribution in [1.29, 1.82) is 0 Å². The molecule has 2 rings (SSSR count). The van der Waals surface area contributed by atoms with E-state index in [-0.39, 0.29) is 0 Å². The molecule has 94 valence electrons. The van der Waals surface area contributed by atoms with Crippen LogP contribution in [-0.2, 0) is 0 Å². The first-order valence-corrected chi connectivity index (χ1v) is 6.38. The average Bonchev–Trinajstić information content (AvgIpc) is 2.49. The van der Waals surface area contributed by atoms with E-state index in [0.29, 0.717) is 0 Å². The van der Waals surface area contributed by atoms with Gasteiger partial charge < -0.3 is 5.53 Å². The number of nitrogens with zero attached hydrogens (tertiary/aromatic N) is 2. The minimum Gasteiger partial charge on any atom is -0.361 e. The van der Waals surface area contributed by atoms with E-state index < -0.39 is 0 Å². The van der Waals surface area contributed by atoms with Gasteiger partial charge in [-0.15, -0.1) is 0 Å². The molecule has 0 amide bonds. The highest BCUT2D eigenvalue weighted by atomic mass is 14.9. The number of hydrogen-bond donors (Lipinski definition) is 0. The molecular formula is C17H16N2. The van der Waals surface area contributed by atoms with Gasteiger partial charge in [0.2, 0.25) is 0 Å². The summed E-state index contributed by atoms with van der Waals surface area (Å²) in [6, 6.07) is 19.9. The van der Waals surface area contributed by atoms with Gasteiger partial charge >= 0.3 is 0 Å². The fourth-order valence-electron chi connectivity index (χ4n) is 1.89. The summed E-state index contributed by atoms with van der Waals surface area (Å²) in [5.74, 6) is 0. The highest BCUT2D eigenvalue weighted by Gasteiger charge is 2.09. The van der Waals surface area contributed by atoms with Crippen molar-refractivity contribution in [3.63, 3.8) is 0 Å². The van der Waals surface area contributed by atoms with Crippen molar-refractivity contribution >= 4 is 11.8 Å². The van der Waals surface area contributed by atoms with Crippen LogP contribution in [0.4, 0.5) is 0 Å². The Morgan fingerprint density at radius 2 is 1.58 bits per heavy atom. The van der Waals surface area contributed by atoms with Crippen molar-refractivity contribution in [2.45, 2.75) is 12.8 Å². The van der Waals surface area contributed by atoms with Gasteiger partial charge in [-0.3, -0.25) is 0 Å². The molecule has 0 fully saturated rings. The lowest BCUT2D eigenvalue weighted by Gasteiger charge is -1.95. The molecule has 2 aromatic carbocycles. The molecule has 0 atom stereocenters. The predicted molar refractivity (Wildman–Crippen MR) is 78.9 cm³/mol. The van der Waals surface area contributed by atoms with Gasteiger partial charge in [-0.25, -0.2) is 0 Å². The zero-order valence-corrected chi connectivity index (χ0v) is 10.7. The quantitative estimate of drug-likeness (QED) is 0.432. The summed E-state index contributed by atoms with van der Waals surface area (Å²) >= 11 is 0. The zero-order chi connectivity index (χ0) is 13.3. The minimum atomic E-state index is 0.721. The Balaban J connectivity index is 1.92. The molecule has 2 aromatic rings. The van der Waals surface area contributed by atoms with E-state index in [1.165, 1.54) is 5.56 Å². The van der Waals surface area contributed by atoms with Crippen molar-refractivity contribution in [2.24, 2.45) is 0 Å². The molecule has 2 nitrogen and oxygen atoms in total. The van der Waals surface area contributed by atoms with Gasteiger partial charge in [0.25, 0.3) is 5.71 Å². The van der Waals surface area contributed by atoms with Crippen molar-refractivity contribution in [1.82, 2.24) is 0 Å². The van der Waals surface area contributed by atoms with Gasteiger partial charge in [-0.1, -0.05) is 60.7 Å². The van der Waals surface area contributed by atoms with Crippen LogP contribution in [0.1, 0.15) is 24.0 Å². The Morgan fingerprint density at radius 3 is 2.21 bits per heavy atom. The molecule has 0 aliphatic heterocycles. The van der Waals surface area contributed by atoms with Crippen molar-refractivity contribution in [3.05, 3.63) is 83.4 Å². The van der Waals surface area contributed by atoms with Crippen LogP contribution in [0.5, 0.6) is 0 Å². The lowest BCUT2D eigenvalue weighted by Crippen LogP contribution is -2.01. The van der Waals surface area contributed by atoms with E-state index in [4.69, 9.17) is 5.53 Å². The maximum Gasteiger partial charge on any atom is 0.299 e. The van der Waals surface area contributed by atoms with Crippen LogP contribution in [0.3, 0.4) is 0 Å². The van der Waals surface area contributed by atoms with Crippen molar-refractivity contribution in [3.8, 4) is 0 Å². The summed E-state index contributed by atoms with van der Waals surface area (Å²) in [4.78, 5) is 3.39. The number of rotatable bonds is 5. The molecule has 0 aliphatic carbocycles. The molecule has 0 unspecified atom stereocenters. The molecule has 0 radical (unpaired) electrons. The summed E-state index contributed by atoms with van der Waals surface area (Å²) < 4.78 is 0. The second-order valence-corrected chi connectivity index (χ2v) is 4.26. The van der Waals surface area contributed by atoms with Gasteiger partial charge in [-0.2, -0.15) is 4.79 Å². The fourth-order valence-corrected chi connectivity index (χ4v) is 1.89. The van der Waals surface area contributed by atoms with Gasteiger partial charge in [0.05, 0.1) is 12.0 Å². The van der Waals surface area contributed by atoms with E-state index in [0.717, 1.165) is 24.1 Å². The van der Waals surface area contributed by atoms with Crippen LogP contribution >= 0.6 is 0 Å². The SMILES string of the molecule is [N-]=[N+]=C(CCC=Cc1ccccc1)c1ccccc1. The maximum absolute atomic E-state index is 9.06. The van der Waals surface area contributed by atoms with Crippen LogP contribution in [-0.4, -0.2) is 10.5 Å². The molecule has 19 heavy (non-hydrogen) atoms. The smallest absolute Gasteiger partial charge is 0.299 e. The van der Waals surface area contributed by atoms with Crippen LogP contribution in [0, 0.1) is 0 Å². The van der Waals surface area contributed by atoms with Crippen LogP contribution < -0.4 is 0 Å². The molecule has 0 aromatic heterocycles. The average molecular weight is 248 g/mol. The summed E-state index contributed by atoms with van der Waals surface area (Å²) in [6.45, 7) is 0. The second-order valence-electron chi connectivity index (χ2n) is 4.26. The normalized spacial score (nSPS) is 10.3. The van der Waals surface area contributed by atoms with E-state index in [2.05, 4.69) is 29.1 Å². The van der Waals surface area contributed by atoms with Gasteiger partial charge in [-0.05, 0) is 24.1 Å². The molecule has 0 saturated heterocycles. The van der Waals surface area contributed by atoms with E-state index in [1.54, 1.807) is 0 Å². The summed E-state index contributed by atoms with van der Waals surface area (Å²) in [7, 11) is 0. The molecule has 0 spiro atoms. The largest absolute Gasteiger partial charge is 0.361 e. The Labute approximate surface area is 113 Å². The van der Waals surface area contributed by atoms with Crippen LogP contribution in [0.2, 0.25) is 0 Å². The van der Waals surface area contributed by atoms with Crippen LogP contribution in [0.25, 0.3) is 11.6 Å². The Bertz CT molecular complexity index is 579. The second kappa shape index (κ2) is 7.10. The molecule has 2 heteroatoms. The molecule has 0 bridgehead atoms. The highest BCUT2D eigenvalue weighted by molar-refractivity contribution is 5.96. The standard InChI is InChI=1S/C17H16N2/c18-19-17(16-12-5-2-6-13-16)14-8-7-11-15-9-3-1-4-10-15/h1-7,9-13H,8,14H2. The topological polar surface area (TPSA) is 36.4 Å². The van der Waals surface area contributed by atoms with Gasteiger partial charge in [0, 0.05) is 0 Å². The summed E-state index contributed by atoms with van der Waals surface area (Å²) in [5, 5.41) is 0. The highest BCUT2D eigenvalue weighted by Crippen LogP contribution is 2.07. The Kier molecular flexibility index (Phi) is 4.86. The first kappa shape index (κ1) is 13.0. The number of hydrogen-bond acceptors (Lipinski definition) is 0. The van der Waals surface area contributed by atoms with E-state index in [1.807, 2.05) is 48.5 Å². The van der Waals surface area contributed by atoms with E-state index in [9.17, 15) is 0 Å². The minimum absolute atomic E-state index is 0.721. The summed E-state index contributed by atoms with van der Waals surface area (Å²) in [5.41, 5.74) is 11.9. The third-order valence-electron chi connectivity index (χ3n) is 2.89. The number of allylic oxidation sites excluding steroid dienone is 1. The predicted octanol–water partition coefficient (Wildman–Crippen LogP) is 4.20. The summed E-state index contributed by atoms with van der Waals surface area (Å²) in [6.07, 6.45) is 5.76. The lowest BCUT2D eigenvalue weighted by atomic mass is 10.1. The van der Waals surface area contributed by atoms with Crippen molar-refractivity contribution < 1.29 is 4.79 Å². The third-order valence-corrected chi connectivity index (χ3v) is 2.89. The van der Waals surface area contributed by atoms with Gasteiger partial charge in [0.1, 0.15) is 0 Å². The molecule has 0 heterocycles. The Hall–Kier alpha value is -2.44. The molecular weight excluding hydrogens is 232 g/mol. The zero-order valence-electron chi connectivity index (χ0n) is 10.7. The monoisotopic (exact) mass is 248 g/mol. The van der Waals surface area contributed by atoms with Crippen molar-refractivity contribution in [2.75, 3.05) is 0 Å². The maximum atomic E-state index is 9.06. The third kappa shape index (κ3) is 4.06. The first-order valence-electron chi connectivity index (χ1n) is 6.38. The number of benzene rings is 2. The fraction of sp³-hybridized carbons (Fsp3) is 0.118. The van der Waals surface area contributed by atoms with Gasteiger partial charge in [0.15, 0.2) is 0 Å². The molecule has 0 N–H and O–H groups in total. The molecule has 0 saturated carbocycles. The van der Waals surface area contributed by atoms with Crippen LogP contribution in [0.15, 0.2) is 66.7 Å². The first-order chi connectivity index (χ1) is 9.40. The molecule has 0 aliphatic rings.